The number of ketones is 1. The summed E-state index contributed by atoms with van der Waals surface area (Å²) in [6.07, 6.45) is 2.03. The van der Waals surface area contributed by atoms with Crippen LogP contribution in [0.25, 0.3) is 0 Å². The number of ether oxygens (including phenoxy) is 1. The first kappa shape index (κ1) is 9.07. The second-order valence-corrected chi connectivity index (χ2v) is 3.84. The van der Waals surface area contributed by atoms with Crippen LogP contribution < -0.4 is 0 Å². The molecule has 1 atom stereocenters. The van der Waals surface area contributed by atoms with Gasteiger partial charge in [0.1, 0.15) is 5.78 Å². The summed E-state index contributed by atoms with van der Waals surface area (Å²) in [7, 11) is 1.70. The molecule has 0 aromatic carbocycles. The van der Waals surface area contributed by atoms with Crippen LogP contribution in [-0.4, -0.2) is 31.0 Å². The van der Waals surface area contributed by atoms with Gasteiger partial charge in [0, 0.05) is 25.4 Å². The molecule has 1 heterocycles. The average molecular weight is 174 g/mol. The van der Waals surface area contributed by atoms with E-state index in [0.717, 1.165) is 31.0 Å². The monoisotopic (exact) mass is 174 g/mol. The molecule has 0 aromatic rings. The highest BCUT2D eigenvalue weighted by Crippen LogP contribution is 2.23. The number of carbonyl (C=O) groups excluding carboxylic acids is 1. The van der Waals surface area contributed by atoms with Gasteiger partial charge in [-0.1, -0.05) is 0 Å². The van der Waals surface area contributed by atoms with Crippen molar-refractivity contribution in [1.82, 2.24) is 0 Å². The fourth-order valence-electron chi connectivity index (χ4n) is 1.23. The molecule has 1 aliphatic heterocycles. The lowest BCUT2D eigenvalue weighted by Crippen LogP contribution is -2.11. The quantitative estimate of drug-likeness (QED) is 0.602. The lowest BCUT2D eigenvalue weighted by molar-refractivity contribution is -0.119. The molecule has 0 N–H and O–H groups in total. The summed E-state index contributed by atoms with van der Waals surface area (Å²) in [4.78, 5) is 11.1. The van der Waals surface area contributed by atoms with Crippen LogP contribution in [0.15, 0.2) is 0 Å². The Hall–Kier alpha value is -0.0200. The smallest absolute Gasteiger partial charge is 0.146 e. The van der Waals surface area contributed by atoms with Crippen molar-refractivity contribution in [2.45, 2.75) is 12.8 Å². The molecule has 0 spiro atoms. The zero-order chi connectivity index (χ0) is 8.10. The Bertz CT molecular complexity index is 136. The van der Waals surface area contributed by atoms with Crippen LogP contribution in [-0.2, 0) is 9.53 Å². The van der Waals surface area contributed by atoms with Gasteiger partial charge in [0.15, 0.2) is 0 Å². The first-order valence-electron chi connectivity index (χ1n) is 3.94. The molecule has 1 aliphatic rings. The Kier molecular flexibility index (Phi) is 3.94. The predicted molar refractivity (Wildman–Crippen MR) is 46.9 cm³/mol. The third-order valence-electron chi connectivity index (χ3n) is 1.92. The van der Waals surface area contributed by atoms with E-state index in [2.05, 4.69) is 0 Å². The second kappa shape index (κ2) is 4.78. The molecule has 0 amide bonds. The largest absolute Gasteiger partial charge is 0.385 e. The van der Waals surface area contributed by atoms with Crippen molar-refractivity contribution in [2.75, 3.05) is 25.2 Å². The minimum absolute atomic E-state index is 0.329. The van der Waals surface area contributed by atoms with Gasteiger partial charge in [-0.25, -0.2) is 0 Å². The number of Topliss-reactive ketones (excluding diaryl/α,β-unsaturated/α-hetero) is 1. The van der Waals surface area contributed by atoms with Crippen LogP contribution in [0.5, 0.6) is 0 Å². The highest BCUT2D eigenvalue weighted by atomic mass is 32.2. The Balaban J connectivity index is 2.10. The first-order chi connectivity index (χ1) is 5.34. The maximum atomic E-state index is 11.1. The molecule has 1 rings (SSSR count). The highest BCUT2D eigenvalue weighted by molar-refractivity contribution is 8.00. The first-order valence-corrected chi connectivity index (χ1v) is 5.09. The van der Waals surface area contributed by atoms with E-state index in [4.69, 9.17) is 4.74 Å². The number of carbonyl (C=O) groups is 1. The van der Waals surface area contributed by atoms with E-state index in [0.29, 0.717) is 11.7 Å². The molecule has 1 fully saturated rings. The van der Waals surface area contributed by atoms with Gasteiger partial charge in [-0.15, -0.1) is 0 Å². The summed E-state index contributed by atoms with van der Waals surface area (Å²) in [6, 6.07) is 0. The Morgan fingerprint density at radius 1 is 1.73 bits per heavy atom. The summed E-state index contributed by atoms with van der Waals surface area (Å²) in [6.45, 7) is 0.786. The standard InChI is InChI=1S/C8H14O2S/c1-10-4-2-3-7-5-11-6-8(7)9/h7H,2-6H2,1H3. The van der Waals surface area contributed by atoms with E-state index in [-0.39, 0.29) is 0 Å². The minimum Gasteiger partial charge on any atom is -0.385 e. The fraction of sp³-hybridized carbons (Fsp3) is 0.875. The second-order valence-electron chi connectivity index (χ2n) is 2.81. The van der Waals surface area contributed by atoms with Crippen molar-refractivity contribution in [3.63, 3.8) is 0 Å². The van der Waals surface area contributed by atoms with Crippen LogP contribution in [0.4, 0.5) is 0 Å². The molecule has 0 bridgehead atoms. The summed E-state index contributed by atoms with van der Waals surface area (Å²) >= 11 is 1.76. The maximum absolute atomic E-state index is 11.1. The molecule has 3 heteroatoms. The van der Waals surface area contributed by atoms with Crippen molar-refractivity contribution >= 4 is 17.5 Å². The highest BCUT2D eigenvalue weighted by Gasteiger charge is 2.23. The van der Waals surface area contributed by atoms with Crippen LogP contribution in [0, 0.1) is 5.92 Å². The molecule has 2 nitrogen and oxygen atoms in total. The van der Waals surface area contributed by atoms with E-state index >= 15 is 0 Å². The van der Waals surface area contributed by atoms with Crippen LogP contribution in [0.3, 0.4) is 0 Å². The van der Waals surface area contributed by atoms with Crippen molar-refractivity contribution in [3.05, 3.63) is 0 Å². The van der Waals surface area contributed by atoms with Crippen LogP contribution >= 0.6 is 11.8 Å². The minimum atomic E-state index is 0.329. The van der Waals surface area contributed by atoms with Gasteiger partial charge in [-0.3, -0.25) is 4.79 Å². The molecule has 1 unspecified atom stereocenters. The summed E-state index contributed by atoms with van der Waals surface area (Å²) < 4.78 is 4.92. The SMILES string of the molecule is COCCCC1CSCC1=O. The Morgan fingerprint density at radius 3 is 3.09 bits per heavy atom. The van der Waals surface area contributed by atoms with Gasteiger partial charge in [0.05, 0.1) is 5.75 Å². The van der Waals surface area contributed by atoms with E-state index < -0.39 is 0 Å². The van der Waals surface area contributed by atoms with Crippen LogP contribution in [0.2, 0.25) is 0 Å². The number of methoxy groups -OCH3 is 1. The molecule has 64 valence electrons. The predicted octanol–water partition coefficient (Wildman–Crippen LogP) is 1.35. The third kappa shape index (κ3) is 2.83. The number of hydrogen-bond donors (Lipinski definition) is 0. The fourth-order valence-corrected chi connectivity index (χ4v) is 2.42. The van der Waals surface area contributed by atoms with Crippen molar-refractivity contribution < 1.29 is 9.53 Å². The topological polar surface area (TPSA) is 26.3 Å². The summed E-state index contributed by atoms with van der Waals surface area (Å²) in [5.74, 6) is 2.53. The van der Waals surface area contributed by atoms with E-state index in [1.165, 1.54) is 0 Å². The number of rotatable bonds is 4. The van der Waals surface area contributed by atoms with Gasteiger partial charge in [-0.2, -0.15) is 11.8 Å². The molecular weight excluding hydrogens is 160 g/mol. The molecule has 0 aromatic heterocycles. The van der Waals surface area contributed by atoms with E-state index in [1.807, 2.05) is 0 Å². The average Bonchev–Trinajstić information content (AvgIpc) is 2.37. The molecule has 0 aliphatic carbocycles. The normalized spacial score (nSPS) is 24.5. The Morgan fingerprint density at radius 2 is 2.55 bits per heavy atom. The van der Waals surface area contributed by atoms with Gasteiger partial charge >= 0.3 is 0 Å². The van der Waals surface area contributed by atoms with E-state index in [1.54, 1.807) is 18.9 Å². The molecule has 0 saturated carbocycles. The van der Waals surface area contributed by atoms with Gasteiger partial charge in [0.2, 0.25) is 0 Å². The number of hydrogen-bond acceptors (Lipinski definition) is 3. The molecule has 11 heavy (non-hydrogen) atoms. The molecular formula is C8H14O2S. The van der Waals surface area contributed by atoms with Crippen LogP contribution in [0.1, 0.15) is 12.8 Å². The van der Waals surface area contributed by atoms with E-state index in [9.17, 15) is 4.79 Å². The Labute approximate surface area is 71.7 Å². The summed E-state index contributed by atoms with van der Waals surface area (Å²) in [5, 5.41) is 0. The van der Waals surface area contributed by atoms with Crippen molar-refractivity contribution in [2.24, 2.45) is 5.92 Å². The van der Waals surface area contributed by atoms with Gasteiger partial charge in [-0.05, 0) is 12.8 Å². The molecule has 1 saturated heterocycles. The lowest BCUT2D eigenvalue weighted by atomic mass is 10.0. The third-order valence-corrected chi connectivity index (χ3v) is 3.05. The van der Waals surface area contributed by atoms with Crippen molar-refractivity contribution in [1.29, 1.82) is 0 Å². The van der Waals surface area contributed by atoms with Crippen molar-refractivity contribution in [3.8, 4) is 0 Å². The lowest BCUT2D eigenvalue weighted by Gasteiger charge is -2.04. The molecule has 0 radical (unpaired) electrons. The van der Waals surface area contributed by atoms with Gasteiger partial charge in [0.25, 0.3) is 0 Å². The zero-order valence-electron chi connectivity index (χ0n) is 6.84. The zero-order valence-corrected chi connectivity index (χ0v) is 7.65. The number of thioether (sulfide) groups is 1. The summed E-state index contributed by atoms with van der Waals surface area (Å²) in [5.41, 5.74) is 0. The maximum Gasteiger partial charge on any atom is 0.146 e. The van der Waals surface area contributed by atoms with Gasteiger partial charge < -0.3 is 4.74 Å².